The highest BCUT2D eigenvalue weighted by atomic mass is 16.5. The van der Waals surface area contributed by atoms with Crippen LogP contribution < -0.4 is 0 Å². The summed E-state index contributed by atoms with van der Waals surface area (Å²) in [5, 5.41) is 0. The normalized spacial score (nSPS) is 29.5. The standard InChI is InChI=1S/C18H22O/c1-3-15-13(2)16-11-7-8-12-17(16)19-18(15)14-9-5-4-6-10-14/h3-6,9-10,17-18H,7-8,11-12H2,1-2H3/b15-3+/t17-,18-/m1/s1. The molecule has 0 radical (unpaired) electrons. The third-order valence-electron chi connectivity index (χ3n) is 4.46. The van der Waals surface area contributed by atoms with Crippen LogP contribution in [0.2, 0.25) is 0 Å². The van der Waals surface area contributed by atoms with Crippen molar-refractivity contribution in [2.75, 3.05) is 0 Å². The minimum atomic E-state index is 0.123. The van der Waals surface area contributed by atoms with Gasteiger partial charge in [-0.3, -0.25) is 0 Å². The minimum Gasteiger partial charge on any atom is -0.361 e. The van der Waals surface area contributed by atoms with E-state index in [1.807, 2.05) is 0 Å². The van der Waals surface area contributed by atoms with E-state index >= 15 is 0 Å². The Morgan fingerprint density at radius 3 is 2.68 bits per heavy atom. The van der Waals surface area contributed by atoms with E-state index in [4.69, 9.17) is 4.74 Å². The molecule has 2 aliphatic rings. The number of rotatable bonds is 1. The summed E-state index contributed by atoms with van der Waals surface area (Å²) in [7, 11) is 0. The Morgan fingerprint density at radius 1 is 1.16 bits per heavy atom. The second-order valence-corrected chi connectivity index (χ2v) is 5.56. The summed E-state index contributed by atoms with van der Waals surface area (Å²) in [4.78, 5) is 0. The Kier molecular flexibility index (Phi) is 3.56. The van der Waals surface area contributed by atoms with Crippen LogP contribution in [0.5, 0.6) is 0 Å². The SMILES string of the molecule is C/C=C1\C(C)=C2CCCC[C@H]2O[C@@H]1c1ccccc1. The van der Waals surface area contributed by atoms with Crippen molar-refractivity contribution in [1.29, 1.82) is 0 Å². The molecular weight excluding hydrogens is 232 g/mol. The highest BCUT2D eigenvalue weighted by Crippen LogP contribution is 2.43. The Balaban J connectivity index is 2.01. The molecule has 1 saturated carbocycles. The molecule has 0 N–H and O–H groups in total. The summed E-state index contributed by atoms with van der Waals surface area (Å²) in [6.07, 6.45) is 7.72. The fourth-order valence-corrected chi connectivity index (χ4v) is 3.43. The van der Waals surface area contributed by atoms with E-state index in [1.54, 1.807) is 5.57 Å². The van der Waals surface area contributed by atoms with Crippen molar-refractivity contribution < 1.29 is 4.74 Å². The maximum absolute atomic E-state index is 6.42. The topological polar surface area (TPSA) is 9.23 Å². The summed E-state index contributed by atoms with van der Waals surface area (Å²) in [5.41, 5.74) is 5.66. The maximum atomic E-state index is 6.42. The van der Waals surface area contributed by atoms with Crippen LogP contribution >= 0.6 is 0 Å². The first-order valence-corrected chi connectivity index (χ1v) is 7.38. The highest BCUT2D eigenvalue weighted by Gasteiger charge is 2.33. The van der Waals surface area contributed by atoms with E-state index in [0.717, 1.165) is 0 Å². The zero-order chi connectivity index (χ0) is 13.2. The van der Waals surface area contributed by atoms with Gasteiger partial charge in [-0.2, -0.15) is 0 Å². The number of ether oxygens (including phenoxy) is 1. The predicted molar refractivity (Wildman–Crippen MR) is 79.0 cm³/mol. The van der Waals surface area contributed by atoms with Crippen LogP contribution in [0.1, 0.15) is 51.2 Å². The smallest absolute Gasteiger partial charge is 0.108 e. The van der Waals surface area contributed by atoms with Gasteiger partial charge in [-0.15, -0.1) is 0 Å². The largest absolute Gasteiger partial charge is 0.361 e. The van der Waals surface area contributed by atoms with Crippen LogP contribution in [-0.2, 0) is 4.74 Å². The van der Waals surface area contributed by atoms with Gasteiger partial charge in [0.1, 0.15) is 6.10 Å². The average molecular weight is 254 g/mol. The molecule has 3 rings (SSSR count). The first kappa shape index (κ1) is 12.7. The second-order valence-electron chi connectivity index (χ2n) is 5.56. The third-order valence-corrected chi connectivity index (χ3v) is 4.46. The number of hydrogen-bond acceptors (Lipinski definition) is 1. The molecular formula is C18H22O. The summed E-state index contributed by atoms with van der Waals surface area (Å²) < 4.78 is 6.42. The molecule has 0 amide bonds. The lowest BCUT2D eigenvalue weighted by atomic mass is 9.81. The van der Waals surface area contributed by atoms with Gasteiger partial charge in [0, 0.05) is 0 Å². The van der Waals surface area contributed by atoms with Crippen molar-refractivity contribution in [3.8, 4) is 0 Å². The predicted octanol–water partition coefficient (Wildman–Crippen LogP) is 4.96. The maximum Gasteiger partial charge on any atom is 0.108 e. The molecule has 0 spiro atoms. The zero-order valence-corrected chi connectivity index (χ0v) is 11.9. The number of benzene rings is 1. The molecule has 0 saturated heterocycles. The van der Waals surface area contributed by atoms with Gasteiger partial charge >= 0.3 is 0 Å². The van der Waals surface area contributed by atoms with E-state index in [1.165, 1.54) is 42.4 Å². The van der Waals surface area contributed by atoms with Gasteiger partial charge in [-0.1, -0.05) is 42.8 Å². The van der Waals surface area contributed by atoms with Crippen LogP contribution in [0.4, 0.5) is 0 Å². The molecule has 1 heterocycles. The van der Waals surface area contributed by atoms with Crippen molar-refractivity contribution in [2.24, 2.45) is 0 Å². The summed E-state index contributed by atoms with van der Waals surface area (Å²) >= 11 is 0. The lowest BCUT2D eigenvalue weighted by molar-refractivity contribution is 0.00564. The summed E-state index contributed by atoms with van der Waals surface area (Å²) in [5.74, 6) is 0. The van der Waals surface area contributed by atoms with E-state index in [2.05, 4.69) is 50.3 Å². The molecule has 1 heteroatoms. The molecule has 1 aromatic rings. The lowest BCUT2D eigenvalue weighted by Gasteiger charge is -2.38. The Morgan fingerprint density at radius 2 is 1.95 bits per heavy atom. The highest BCUT2D eigenvalue weighted by molar-refractivity contribution is 5.44. The Hall–Kier alpha value is -1.34. The van der Waals surface area contributed by atoms with Crippen molar-refractivity contribution in [1.82, 2.24) is 0 Å². The molecule has 1 aromatic carbocycles. The van der Waals surface area contributed by atoms with Crippen LogP contribution in [0.3, 0.4) is 0 Å². The summed E-state index contributed by atoms with van der Waals surface area (Å²) in [6.45, 7) is 4.41. The van der Waals surface area contributed by atoms with Gasteiger partial charge in [0.15, 0.2) is 0 Å². The molecule has 0 unspecified atom stereocenters. The Bertz CT molecular complexity index is 510. The molecule has 100 valence electrons. The van der Waals surface area contributed by atoms with Crippen molar-refractivity contribution in [3.05, 3.63) is 58.7 Å². The lowest BCUT2D eigenvalue weighted by Crippen LogP contribution is -2.29. The quantitative estimate of drug-likeness (QED) is 0.688. The van der Waals surface area contributed by atoms with E-state index in [0.29, 0.717) is 6.10 Å². The molecule has 1 nitrogen and oxygen atoms in total. The Labute approximate surface area is 116 Å². The minimum absolute atomic E-state index is 0.123. The summed E-state index contributed by atoms with van der Waals surface area (Å²) in [6, 6.07) is 10.6. The molecule has 1 fully saturated rings. The van der Waals surface area contributed by atoms with E-state index in [9.17, 15) is 0 Å². The molecule has 19 heavy (non-hydrogen) atoms. The number of fused-ring (bicyclic) bond motifs is 1. The molecule has 0 aromatic heterocycles. The van der Waals surface area contributed by atoms with Crippen LogP contribution in [0.15, 0.2) is 53.1 Å². The van der Waals surface area contributed by atoms with Crippen molar-refractivity contribution >= 4 is 0 Å². The monoisotopic (exact) mass is 254 g/mol. The van der Waals surface area contributed by atoms with Crippen LogP contribution in [-0.4, -0.2) is 6.10 Å². The van der Waals surface area contributed by atoms with E-state index < -0.39 is 0 Å². The van der Waals surface area contributed by atoms with Crippen molar-refractivity contribution in [2.45, 2.75) is 51.7 Å². The number of hydrogen-bond donors (Lipinski definition) is 0. The van der Waals surface area contributed by atoms with Crippen LogP contribution in [0.25, 0.3) is 0 Å². The number of allylic oxidation sites excluding steroid dienone is 1. The second kappa shape index (κ2) is 5.34. The van der Waals surface area contributed by atoms with Gasteiger partial charge < -0.3 is 4.74 Å². The van der Waals surface area contributed by atoms with E-state index in [-0.39, 0.29) is 6.10 Å². The van der Waals surface area contributed by atoms with Gasteiger partial charge in [0.05, 0.1) is 6.10 Å². The molecule has 1 aliphatic heterocycles. The fraction of sp³-hybridized carbons (Fsp3) is 0.444. The van der Waals surface area contributed by atoms with Gasteiger partial charge in [-0.25, -0.2) is 0 Å². The average Bonchev–Trinajstić information content (AvgIpc) is 2.48. The molecule has 2 atom stereocenters. The zero-order valence-electron chi connectivity index (χ0n) is 11.9. The fourth-order valence-electron chi connectivity index (χ4n) is 3.43. The first-order chi connectivity index (χ1) is 9.31. The van der Waals surface area contributed by atoms with Gasteiger partial charge in [0.25, 0.3) is 0 Å². The third kappa shape index (κ3) is 2.28. The molecule has 1 aliphatic carbocycles. The van der Waals surface area contributed by atoms with Gasteiger partial charge in [0.2, 0.25) is 0 Å². The first-order valence-electron chi connectivity index (χ1n) is 7.38. The molecule has 0 bridgehead atoms. The van der Waals surface area contributed by atoms with Crippen LogP contribution in [0, 0.1) is 0 Å². The van der Waals surface area contributed by atoms with Crippen molar-refractivity contribution in [3.63, 3.8) is 0 Å². The van der Waals surface area contributed by atoms with Gasteiger partial charge in [-0.05, 0) is 55.4 Å².